The topological polar surface area (TPSA) is 59.8 Å². The van der Waals surface area contributed by atoms with Crippen molar-refractivity contribution < 1.29 is 4.79 Å². The van der Waals surface area contributed by atoms with E-state index in [0.29, 0.717) is 0 Å². The van der Waals surface area contributed by atoms with E-state index in [1.807, 2.05) is 0 Å². The van der Waals surface area contributed by atoms with Gasteiger partial charge in [0.15, 0.2) is 0 Å². The number of rotatable bonds is 1. The van der Waals surface area contributed by atoms with Gasteiger partial charge in [0, 0.05) is 23.5 Å². The number of hydrogen-bond acceptors (Lipinski definition) is 3. The number of amides is 1. The average Bonchev–Trinajstić information content (AvgIpc) is 3.20. The third kappa shape index (κ3) is 1.95. The normalized spacial score (nSPS) is 18.1. The molecule has 0 saturated heterocycles. The first kappa shape index (κ1) is 13.5. The van der Waals surface area contributed by atoms with Crippen LogP contribution in [-0.4, -0.2) is 20.6 Å². The number of nitrogens with one attached hydrogen (secondary N) is 1. The number of nitrogens with zero attached hydrogens (tertiary/aromatic N) is 3. The fourth-order valence-corrected chi connectivity index (χ4v) is 3.68. The maximum absolute atomic E-state index is 12.4. The molecule has 0 fully saturated rings. The fraction of sp³-hybridized carbons (Fsp3) is 0.471. The van der Waals surface area contributed by atoms with Gasteiger partial charge in [-0.3, -0.25) is 9.55 Å². The molecule has 2 aliphatic rings. The smallest absolute Gasteiger partial charge is 0.307 e. The van der Waals surface area contributed by atoms with E-state index in [1.54, 1.807) is 12.4 Å². The van der Waals surface area contributed by atoms with Crippen molar-refractivity contribution in [1.29, 1.82) is 0 Å². The highest BCUT2D eigenvalue weighted by atomic mass is 16.2. The van der Waals surface area contributed by atoms with Gasteiger partial charge >= 0.3 is 6.03 Å². The molecule has 4 rings (SSSR count). The summed E-state index contributed by atoms with van der Waals surface area (Å²) in [6.07, 6.45) is 10.0. The number of hydrogen-bond donors (Lipinski definition) is 1. The fourth-order valence-electron chi connectivity index (χ4n) is 3.68. The average molecular weight is 296 g/mol. The zero-order valence-corrected chi connectivity index (χ0v) is 13.0. The third-order valence-corrected chi connectivity index (χ3v) is 4.94. The molecule has 0 saturated carbocycles. The van der Waals surface area contributed by atoms with Crippen molar-refractivity contribution in [3.8, 4) is 0 Å². The van der Waals surface area contributed by atoms with Crippen LogP contribution < -0.4 is 5.32 Å². The molecular weight excluding hydrogens is 276 g/mol. The molecule has 2 aromatic heterocycles. The number of aryl methyl sites for hydroxylation is 1. The summed E-state index contributed by atoms with van der Waals surface area (Å²) in [6.45, 7) is 4.49. The van der Waals surface area contributed by atoms with Crippen molar-refractivity contribution >= 4 is 11.7 Å². The summed E-state index contributed by atoms with van der Waals surface area (Å²) in [7, 11) is 0. The summed E-state index contributed by atoms with van der Waals surface area (Å²) < 4.78 is 1.48. The van der Waals surface area contributed by atoms with Crippen molar-refractivity contribution in [1.82, 2.24) is 14.5 Å². The van der Waals surface area contributed by atoms with Crippen LogP contribution in [0.5, 0.6) is 0 Å². The van der Waals surface area contributed by atoms with Crippen molar-refractivity contribution in [2.45, 2.75) is 51.4 Å². The molecule has 22 heavy (non-hydrogen) atoms. The molecule has 5 heteroatoms. The van der Waals surface area contributed by atoms with Crippen molar-refractivity contribution in [2.24, 2.45) is 0 Å². The van der Waals surface area contributed by atoms with Gasteiger partial charge in [-0.05, 0) is 43.2 Å². The Morgan fingerprint density at radius 2 is 2.14 bits per heavy atom. The second-order valence-electron chi connectivity index (χ2n) is 6.88. The van der Waals surface area contributed by atoms with Crippen LogP contribution in [-0.2, 0) is 24.7 Å². The highest BCUT2D eigenvalue weighted by Crippen LogP contribution is 2.44. The lowest BCUT2D eigenvalue weighted by Crippen LogP contribution is -2.21. The highest BCUT2D eigenvalue weighted by molar-refractivity contribution is 5.93. The molecule has 1 N–H and O–H groups in total. The van der Waals surface area contributed by atoms with Crippen LogP contribution in [0, 0.1) is 0 Å². The van der Waals surface area contributed by atoms with E-state index in [4.69, 9.17) is 4.98 Å². The summed E-state index contributed by atoms with van der Waals surface area (Å²) in [4.78, 5) is 21.3. The third-order valence-electron chi connectivity index (χ3n) is 4.94. The van der Waals surface area contributed by atoms with E-state index in [2.05, 4.69) is 24.1 Å². The number of carbonyl (C=O) groups is 1. The first-order chi connectivity index (χ1) is 10.6. The first-order valence-corrected chi connectivity index (χ1v) is 7.91. The van der Waals surface area contributed by atoms with Crippen molar-refractivity contribution in [2.75, 3.05) is 5.32 Å². The Labute approximate surface area is 129 Å². The van der Waals surface area contributed by atoms with Gasteiger partial charge in [-0.1, -0.05) is 13.8 Å². The van der Waals surface area contributed by atoms with E-state index >= 15 is 0 Å². The molecule has 0 aromatic carbocycles. The van der Waals surface area contributed by atoms with Gasteiger partial charge < -0.3 is 5.32 Å². The Kier molecular flexibility index (Phi) is 2.86. The van der Waals surface area contributed by atoms with Gasteiger partial charge in [0.2, 0.25) is 0 Å². The number of aromatic nitrogens is 3. The van der Waals surface area contributed by atoms with Crippen LogP contribution in [0.3, 0.4) is 0 Å². The number of imidazole rings is 1. The van der Waals surface area contributed by atoms with Gasteiger partial charge in [0.1, 0.15) is 6.33 Å². The lowest BCUT2D eigenvalue weighted by atomic mass is 9.90. The van der Waals surface area contributed by atoms with Crippen molar-refractivity contribution in [3.63, 3.8) is 0 Å². The molecule has 114 valence electrons. The molecule has 0 atom stereocenters. The molecule has 2 heterocycles. The zero-order chi connectivity index (χ0) is 15.3. The summed E-state index contributed by atoms with van der Waals surface area (Å²) in [5.41, 5.74) is 5.94. The summed E-state index contributed by atoms with van der Waals surface area (Å²) in [5.74, 6) is 0. The molecule has 5 nitrogen and oxygen atoms in total. The van der Waals surface area contributed by atoms with Gasteiger partial charge in [-0.15, -0.1) is 0 Å². The van der Waals surface area contributed by atoms with E-state index in [-0.39, 0.29) is 11.4 Å². The van der Waals surface area contributed by atoms with Gasteiger partial charge in [-0.2, -0.15) is 0 Å². The zero-order valence-electron chi connectivity index (χ0n) is 13.0. The molecule has 1 amide bonds. The van der Waals surface area contributed by atoms with E-state index in [9.17, 15) is 4.79 Å². The summed E-state index contributed by atoms with van der Waals surface area (Å²) >= 11 is 0. The highest BCUT2D eigenvalue weighted by Gasteiger charge is 2.36. The Morgan fingerprint density at radius 3 is 2.91 bits per heavy atom. The van der Waals surface area contributed by atoms with Gasteiger partial charge in [0.05, 0.1) is 11.4 Å². The Bertz CT molecular complexity index is 747. The SMILES string of the molecule is CC1(C)CCc2c1nc1c(c2NC(=O)n2ccnc2)CCC1. The summed E-state index contributed by atoms with van der Waals surface area (Å²) in [6, 6.07) is -0.148. The summed E-state index contributed by atoms with van der Waals surface area (Å²) in [5, 5.41) is 3.13. The lowest BCUT2D eigenvalue weighted by molar-refractivity contribution is 0.253. The van der Waals surface area contributed by atoms with Crippen LogP contribution in [0.4, 0.5) is 10.5 Å². The van der Waals surface area contributed by atoms with Crippen LogP contribution in [0.1, 0.15) is 49.2 Å². The number of anilines is 1. The van der Waals surface area contributed by atoms with Crippen LogP contribution >= 0.6 is 0 Å². The van der Waals surface area contributed by atoms with Crippen molar-refractivity contribution in [3.05, 3.63) is 41.2 Å². The minimum Gasteiger partial charge on any atom is -0.307 e. The van der Waals surface area contributed by atoms with Gasteiger partial charge in [-0.25, -0.2) is 9.78 Å². The quantitative estimate of drug-likeness (QED) is 0.879. The van der Waals surface area contributed by atoms with Crippen LogP contribution in [0.15, 0.2) is 18.7 Å². The molecule has 2 aromatic rings. The predicted molar refractivity (Wildman–Crippen MR) is 84.3 cm³/mol. The van der Waals surface area contributed by atoms with E-state index in [0.717, 1.165) is 37.8 Å². The second-order valence-corrected chi connectivity index (χ2v) is 6.88. The van der Waals surface area contributed by atoms with Gasteiger partial charge in [0.25, 0.3) is 0 Å². The Balaban J connectivity index is 1.80. The number of fused-ring (bicyclic) bond motifs is 2. The van der Waals surface area contributed by atoms with E-state index < -0.39 is 0 Å². The Hall–Kier alpha value is -2.17. The molecular formula is C17H20N4O. The number of carbonyl (C=O) groups excluding carboxylic acids is 1. The number of pyridine rings is 1. The lowest BCUT2D eigenvalue weighted by Gasteiger charge is -2.20. The Morgan fingerprint density at radius 1 is 1.27 bits per heavy atom. The molecule has 0 radical (unpaired) electrons. The molecule has 0 spiro atoms. The van der Waals surface area contributed by atoms with Crippen LogP contribution in [0.25, 0.3) is 0 Å². The maximum Gasteiger partial charge on any atom is 0.331 e. The largest absolute Gasteiger partial charge is 0.331 e. The predicted octanol–water partition coefficient (Wildman–Crippen LogP) is 3.07. The standard InChI is InChI=1S/C17H20N4O/c1-17(2)7-6-12-14(20-16(22)21-9-8-18-10-21)11-4-3-5-13(11)19-15(12)17/h8-10H,3-7H2,1-2H3,(H,19,20,22). The molecule has 0 bridgehead atoms. The maximum atomic E-state index is 12.4. The molecule has 2 aliphatic carbocycles. The molecule has 0 aliphatic heterocycles. The molecule has 0 unspecified atom stereocenters. The second kappa shape index (κ2) is 4.66. The van der Waals surface area contributed by atoms with Crippen LogP contribution in [0.2, 0.25) is 0 Å². The first-order valence-electron chi connectivity index (χ1n) is 7.91. The van der Waals surface area contributed by atoms with E-state index in [1.165, 1.54) is 33.4 Å². The minimum atomic E-state index is -0.148. The minimum absolute atomic E-state index is 0.0986. The monoisotopic (exact) mass is 296 g/mol.